The Morgan fingerprint density at radius 1 is 1.21 bits per heavy atom. The van der Waals surface area contributed by atoms with Crippen molar-refractivity contribution in [3.05, 3.63) is 50.6 Å². The average molecular weight is 340 g/mol. The largest absolute Gasteiger partial charge is 0.494 e. The second-order valence-electron chi connectivity index (χ2n) is 4.10. The third-order valence-corrected chi connectivity index (χ3v) is 4.51. The summed E-state index contributed by atoms with van der Waals surface area (Å²) in [6, 6.07) is 12.7. The summed E-state index contributed by atoms with van der Waals surface area (Å²) < 4.78 is 6.90. The molecule has 1 atom stereocenters. The van der Waals surface area contributed by atoms with Crippen molar-refractivity contribution in [2.24, 2.45) is 0 Å². The van der Waals surface area contributed by atoms with Gasteiger partial charge in [0.2, 0.25) is 0 Å². The molecule has 0 aliphatic carbocycles. The Kier molecular flexibility index (Phi) is 5.43. The lowest BCUT2D eigenvalue weighted by Gasteiger charge is -2.20. The maximum absolute atomic E-state index is 5.75. The van der Waals surface area contributed by atoms with Gasteiger partial charge in [0.15, 0.2) is 0 Å². The van der Waals surface area contributed by atoms with Crippen LogP contribution in [0.15, 0.2) is 40.2 Å². The molecular weight excluding hydrogens is 322 g/mol. The van der Waals surface area contributed by atoms with E-state index in [1.54, 1.807) is 11.3 Å². The molecular formula is C15H18BrNOS. The van der Waals surface area contributed by atoms with E-state index in [1.165, 1.54) is 10.4 Å². The molecule has 1 N–H and O–H groups in total. The van der Waals surface area contributed by atoms with Crippen LogP contribution in [0.1, 0.15) is 30.3 Å². The maximum atomic E-state index is 5.75. The fraction of sp³-hybridized carbons (Fsp3) is 0.333. The number of para-hydroxylation sites is 1. The van der Waals surface area contributed by atoms with Gasteiger partial charge < -0.3 is 10.1 Å². The van der Waals surface area contributed by atoms with Crippen LogP contribution < -0.4 is 10.1 Å². The lowest BCUT2D eigenvalue weighted by Crippen LogP contribution is -2.21. The van der Waals surface area contributed by atoms with Crippen molar-refractivity contribution in [1.29, 1.82) is 0 Å². The monoisotopic (exact) mass is 339 g/mol. The van der Waals surface area contributed by atoms with Gasteiger partial charge in [-0.1, -0.05) is 25.1 Å². The number of halogens is 1. The Balaban J connectivity index is 2.38. The minimum atomic E-state index is 0.184. The Bertz CT molecular complexity index is 526. The van der Waals surface area contributed by atoms with Crippen molar-refractivity contribution < 1.29 is 4.74 Å². The minimum absolute atomic E-state index is 0.184. The van der Waals surface area contributed by atoms with Gasteiger partial charge in [-0.2, -0.15) is 0 Å². The molecule has 1 heterocycles. The predicted molar refractivity (Wildman–Crippen MR) is 85.1 cm³/mol. The SMILES string of the molecule is CCNC(c1ccc(Br)s1)c1ccccc1OCC. The van der Waals surface area contributed by atoms with Gasteiger partial charge in [0.1, 0.15) is 5.75 Å². The summed E-state index contributed by atoms with van der Waals surface area (Å²) in [6.45, 7) is 5.74. The minimum Gasteiger partial charge on any atom is -0.494 e. The lowest BCUT2D eigenvalue weighted by atomic mass is 10.0. The molecule has 2 rings (SSSR count). The van der Waals surface area contributed by atoms with Gasteiger partial charge in [-0.25, -0.2) is 0 Å². The molecule has 2 nitrogen and oxygen atoms in total. The lowest BCUT2D eigenvalue weighted by molar-refractivity contribution is 0.334. The van der Waals surface area contributed by atoms with E-state index in [4.69, 9.17) is 4.74 Å². The molecule has 0 fully saturated rings. The summed E-state index contributed by atoms with van der Waals surface area (Å²) in [6.07, 6.45) is 0. The van der Waals surface area contributed by atoms with Crippen LogP contribution in [0.25, 0.3) is 0 Å². The fourth-order valence-corrected chi connectivity index (χ4v) is 3.58. The smallest absolute Gasteiger partial charge is 0.124 e. The summed E-state index contributed by atoms with van der Waals surface area (Å²) in [7, 11) is 0. The van der Waals surface area contributed by atoms with Crippen LogP contribution in [-0.4, -0.2) is 13.2 Å². The number of thiophene rings is 1. The normalized spacial score (nSPS) is 12.4. The number of ether oxygens (including phenoxy) is 1. The van der Waals surface area contributed by atoms with E-state index in [2.05, 4.69) is 52.4 Å². The van der Waals surface area contributed by atoms with E-state index < -0.39 is 0 Å². The molecule has 0 aliphatic heterocycles. The zero-order chi connectivity index (χ0) is 13.7. The van der Waals surface area contributed by atoms with Crippen molar-refractivity contribution in [2.45, 2.75) is 19.9 Å². The number of hydrogen-bond donors (Lipinski definition) is 1. The van der Waals surface area contributed by atoms with Crippen molar-refractivity contribution >= 4 is 27.3 Å². The van der Waals surface area contributed by atoms with Crippen LogP contribution in [-0.2, 0) is 0 Å². The van der Waals surface area contributed by atoms with Crippen molar-refractivity contribution in [3.63, 3.8) is 0 Å². The van der Waals surface area contributed by atoms with Gasteiger partial charge in [-0.3, -0.25) is 0 Å². The standard InChI is InChI=1S/C15H18BrNOS/c1-3-17-15(13-9-10-14(16)19-13)11-7-5-6-8-12(11)18-4-2/h5-10,15,17H,3-4H2,1-2H3. The average Bonchev–Trinajstić information content (AvgIpc) is 2.84. The molecule has 2 aromatic rings. The van der Waals surface area contributed by atoms with Crippen LogP contribution >= 0.6 is 27.3 Å². The van der Waals surface area contributed by atoms with Crippen molar-refractivity contribution in [2.75, 3.05) is 13.2 Å². The van der Waals surface area contributed by atoms with E-state index >= 15 is 0 Å². The van der Waals surface area contributed by atoms with Gasteiger partial charge in [0, 0.05) is 10.4 Å². The third-order valence-electron chi connectivity index (χ3n) is 2.82. The van der Waals surface area contributed by atoms with Gasteiger partial charge in [0.25, 0.3) is 0 Å². The first-order valence-electron chi connectivity index (χ1n) is 6.46. The van der Waals surface area contributed by atoms with Gasteiger partial charge >= 0.3 is 0 Å². The summed E-state index contributed by atoms with van der Waals surface area (Å²) in [5.41, 5.74) is 1.19. The van der Waals surface area contributed by atoms with Gasteiger partial charge in [-0.05, 0) is 47.6 Å². The Morgan fingerprint density at radius 3 is 2.63 bits per heavy atom. The van der Waals surface area contributed by atoms with E-state index in [-0.39, 0.29) is 6.04 Å². The second kappa shape index (κ2) is 7.08. The van der Waals surface area contributed by atoms with Crippen molar-refractivity contribution in [3.8, 4) is 5.75 Å². The number of benzene rings is 1. The molecule has 0 amide bonds. The summed E-state index contributed by atoms with van der Waals surface area (Å²) in [4.78, 5) is 1.29. The fourth-order valence-electron chi connectivity index (χ4n) is 2.06. The van der Waals surface area contributed by atoms with Crippen molar-refractivity contribution in [1.82, 2.24) is 5.32 Å². The highest BCUT2D eigenvalue weighted by Gasteiger charge is 2.18. The zero-order valence-corrected chi connectivity index (χ0v) is 13.6. The molecule has 0 bridgehead atoms. The van der Waals surface area contributed by atoms with Crippen LogP contribution in [0, 0.1) is 0 Å². The Labute approximate surface area is 126 Å². The highest BCUT2D eigenvalue weighted by molar-refractivity contribution is 9.11. The van der Waals surface area contributed by atoms with Crippen LogP contribution in [0.5, 0.6) is 5.75 Å². The molecule has 0 aliphatic rings. The topological polar surface area (TPSA) is 21.3 Å². The van der Waals surface area contributed by atoms with Crippen LogP contribution in [0.4, 0.5) is 0 Å². The molecule has 102 valence electrons. The Hall–Kier alpha value is -0.840. The molecule has 0 saturated carbocycles. The first-order chi connectivity index (χ1) is 9.26. The molecule has 1 unspecified atom stereocenters. The molecule has 1 aromatic heterocycles. The summed E-state index contributed by atoms with van der Waals surface area (Å²) in [5, 5.41) is 3.54. The van der Waals surface area contributed by atoms with E-state index in [9.17, 15) is 0 Å². The van der Waals surface area contributed by atoms with E-state index in [0.717, 1.165) is 16.1 Å². The van der Waals surface area contributed by atoms with E-state index in [1.807, 2.05) is 19.1 Å². The Morgan fingerprint density at radius 2 is 2.00 bits per heavy atom. The highest BCUT2D eigenvalue weighted by Crippen LogP contribution is 2.35. The molecule has 1 aromatic carbocycles. The van der Waals surface area contributed by atoms with Gasteiger partial charge in [0.05, 0.1) is 16.4 Å². The molecule has 0 spiro atoms. The predicted octanol–water partition coefficient (Wildman–Crippen LogP) is 4.61. The molecule has 0 radical (unpaired) electrons. The van der Waals surface area contributed by atoms with Crippen LogP contribution in [0.2, 0.25) is 0 Å². The first kappa shape index (κ1) is 14.6. The van der Waals surface area contributed by atoms with Gasteiger partial charge in [-0.15, -0.1) is 11.3 Å². The first-order valence-corrected chi connectivity index (χ1v) is 8.07. The zero-order valence-electron chi connectivity index (χ0n) is 11.2. The number of nitrogens with one attached hydrogen (secondary N) is 1. The number of hydrogen-bond acceptors (Lipinski definition) is 3. The maximum Gasteiger partial charge on any atom is 0.124 e. The second-order valence-corrected chi connectivity index (χ2v) is 6.60. The van der Waals surface area contributed by atoms with Crippen LogP contribution in [0.3, 0.4) is 0 Å². The molecule has 0 saturated heterocycles. The summed E-state index contributed by atoms with van der Waals surface area (Å²) in [5.74, 6) is 0.959. The van der Waals surface area contributed by atoms with E-state index in [0.29, 0.717) is 6.61 Å². The third kappa shape index (κ3) is 3.59. The molecule has 4 heteroatoms. The quantitative estimate of drug-likeness (QED) is 0.829. The highest BCUT2D eigenvalue weighted by atomic mass is 79.9. The number of rotatable bonds is 6. The summed E-state index contributed by atoms with van der Waals surface area (Å²) >= 11 is 5.29. The molecule has 19 heavy (non-hydrogen) atoms.